The topological polar surface area (TPSA) is 45.2 Å². The molecule has 0 radical (unpaired) electrons. The zero-order valence-electron chi connectivity index (χ0n) is 12.3. The Bertz CT molecular complexity index is 651. The summed E-state index contributed by atoms with van der Waals surface area (Å²) in [7, 11) is 0. The first-order valence-electron chi connectivity index (χ1n) is 7.21. The molecule has 2 aromatic rings. The van der Waals surface area contributed by atoms with Gasteiger partial charge in [0.25, 0.3) is 5.91 Å². The van der Waals surface area contributed by atoms with Crippen LogP contribution in [0.15, 0.2) is 42.6 Å². The Morgan fingerprint density at radius 2 is 2.10 bits per heavy atom. The molecule has 21 heavy (non-hydrogen) atoms. The van der Waals surface area contributed by atoms with Crippen LogP contribution in [0.4, 0.5) is 5.69 Å². The molecule has 108 valence electrons. The van der Waals surface area contributed by atoms with Crippen LogP contribution < -0.4 is 10.2 Å². The fraction of sp³-hybridized carbons (Fsp3) is 0.294. The van der Waals surface area contributed by atoms with Gasteiger partial charge in [-0.2, -0.15) is 0 Å². The summed E-state index contributed by atoms with van der Waals surface area (Å²) in [5.74, 6) is 0.00509. The lowest BCUT2D eigenvalue weighted by Crippen LogP contribution is -2.39. The Morgan fingerprint density at radius 1 is 1.29 bits per heavy atom. The van der Waals surface area contributed by atoms with Crippen molar-refractivity contribution in [2.75, 3.05) is 11.4 Å². The lowest BCUT2D eigenvalue weighted by molar-refractivity contribution is 0.0985. The molecule has 0 bridgehead atoms. The number of pyridine rings is 1. The van der Waals surface area contributed by atoms with E-state index >= 15 is 0 Å². The molecule has 0 aliphatic carbocycles. The third-order valence-corrected chi connectivity index (χ3v) is 3.78. The normalized spacial score (nSPS) is 18.0. The van der Waals surface area contributed by atoms with Crippen LogP contribution >= 0.6 is 0 Å². The van der Waals surface area contributed by atoms with E-state index in [1.807, 2.05) is 42.2 Å². The van der Waals surface area contributed by atoms with Crippen LogP contribution in [0.2, 0.25) is 0 Å². The summed E-state index contributed by atoms with van der Waals surface area (Å²) in [6.45, 7) is 5.46. The second-order valence-corrected chi connectivity index (χ2v) is 5.51. The first kappa shape index (κ1) is 13.8. The summed E-state index contributed by atoms with van der Waals surface area (Å²) >= 11 is 0. The van der Waals surface area contributed by atoms with E-state index in [0.717, 1.165) is 23.5 Å². The van der Waals surface area contributed by atoms with E-state index in [4.69, 9.17) is 0 Å². The van der Waals surface area contributed by atoms with E-state index in [1.54, 1.807) is 6.20 Å². The second kappa shape index (κ2) is 5.66. The molecule has 4 heteroatoms. The standard InChI is InChI=1S/C17H19N3O/c1-12-7-8-15(10-18-12)17(21)20-11-13(2)19-9-14-5-3-4-6-16(14)20/h3-8,10,13,19H,9,11H2,1-2H3. The zero-order valence-corrected chi connectivity index (χ0v) is 12.3. The molecule has 0 spiro atoms. The third-order valence-electron chi connectivity index (χ3n) is 3.78. The third kappa shape index (κ3) is 2.81. The van der Waals surface area contributed by atoms with Gasteiger partial charge in [-0.1, -0.05) is 18.2 Å². The van der Waals surface area contributed by atoms with Gasteiger partial charge in [0.1, 0.15) is 0 Å². The first-order chi connectivity index (χ1) is 10.1. The van der Waals surface area contributed by atoms with E-state index in [9.17, 15) is 4.79 Å². The summed E-state index contributed by atoms with van der Waals surface area (Å²) in [6.07, 6.45) is 1.66. The minimum Gasteiger partial charge on any atom is -0.308 e. The van der Waals surface area contributed by atoms with Crippen molar-refractivity contribution in [3.8, 4) is 0 Å². The van der Waals surface area contributed by atoms with Crippen molar-refractivity contribution >= 4 is 11.6 Å². The fourth-order valence-electron chi connectivity index (χ4n) is 2.59. The summed E-state index contributed by atoms with van der Waals surface area (Å²) in [6, 6.07) is 12.0. The number of anilines is 1. The number of amides is 1. The van der Waals surface area contributed by atoms with Gasteiger partial charge in [0.05, 0.1) is 5.56 Å². The van der Waals surface area contributed by atoms with Gasteiger partial charge in [-0.3, -0.25) is 9.78 Å². The SMILES string of the molecule is Cc1ccc(C(=O)N2CC(C)NCc3ccccc32)cn1. The van der Waals surface area contributed by atoms with Gasteiger partial charge in [-0.15, -0.1) is 0 Å². The monoisotopic (exact) mass is 281 g/mol. The quantitative estimate of drug-likeness (QED) is 0.873. The van der Waals surface area contributed by atoms with Crippen molar-refractivity contribution in [1.82, 2.24) is 10.3 Å². The van der Waals surface area contributed by atoms with Crippen LogP contribution in [-0.4, -0.2) is 23.5 Å². The highest BCUT2D eigenvalue weighted by Crippen LogP contribution is 2.25. The van der Waals surface area contributed by atoms with Crippen molar-refractivity contribution < 1.29 is 4.79 Å². The molecule has 1 N–H and O–H groups in total. The van der Waals surface area contributed by atoms with Crippen LogP contribution in [0, 0.1) is 6.92 Å². The summed E-state index contributed by atoms with van der Waals surface area (Å²) in [4.78, 5) is 18.9. The molecule has 1 aliphatic rings. The minimum absolute atomic E-state index is 0.00509. The molecule has 0 saturated carbocycles. The maximum atomic E-state index is 12.8. The van der Waals surface area contributed by atoms with Gasteiger partial charge in [-0.25, -0.2) is 0 Å². The lowest BCUT2D eigenvalue weighted by Gasteiger charge is -2.24. The molecule has 1 aromatic carbocycles. The number of carbonyl (C=O) groups excluding carboxylic acids is 1. The molecule has 1 unspecified atom stereocenters. The van der Waals surface area contributed by atoms with Crippen LogP contribution in [-0.2, 0) is 6.54 Å². The smallest absolute Gasteiger partial charge is 0.259 e. The number of aryl methyl sites for hydroxylation is 1. The maximum Gasteiger partial charge on any atom is 0.259 e. The largest absolute Gasteiger partial charge is 0.308 e. The van der Waals surface area contributed by atoms with E-state index in [-0.39, 0.29) is 11.9 Å². The Morgan fingerprint density at radius 3 is 2.86 bits per heavy atom. The molecule has 1 aromatic heterocycles. The van der Waals surface area contributed by atoms with Gasteiger partial charge in [0.15, 0.2) is 0 Å². The van der Waals surface area contributed by atoms with E-state index in [2.05, 4.69) is 23.3 Å². The number of rotatable bonds is 1. The second-order valence-electron chi connectivity index (χ2n) is 5.51. The van der Waals surface area contributed by atoms with Crippen LogP contribution in [0.3, 0.4) is 0 Å². The van der Waals surface area contributed by atoms with Gasteiger partial charge < -0.3 is 10.2 Å². The van der Waals surface area contributed by atoms with Crippen molar-refractivity contribution in [3.63, 3.8) is 0 Å². The van der Waals surface area contributed by atoms with Crippen molar-refractivity contribution in [1.29, 1.82) is 0 Å². The predicted molar refractivity (Wildman–Crippen MR) is 83.4 cm³/mol. The average Bonchev–Trinajstić information content (AvgIpc) is 2.67. The molecule has 0 saturated heterocycles. The number of aromatic nitrogens is 1. The minimum atomic E-state index is 0.00509. The molecule has 3 rings (SSSR count). The van der Waals surface area contributed by atoms with E-state index in [1.165, 1.54) is 0 Å². The predicted octanol–water partition coefficient (Wildman–Crippen LogP) is 2.53. The molecule has 2 heterocycles. The highest BCUT2D eigenvalue weighted by Gasteiger charge is 2.24. The highest BCUT2D eigenvalue weighted by molar-refractivity contribution is 6.06. The maximum absolute atomic E-state index is 12.8. The summed E-state index contributed by atoms with van der Waals surface area (Å²) in [5, 5.41) is 3.44. The molecule has 1 amide bonds. The number of carbonyl (C=O) groups is 1. The highest BCUT2D eigenvalue weighted by atomic mass is 16.2. The van der Waals surface area contributed by atoms with Gasteiger partial charge in [-0.05, 0) is 37.6 Å². The van der Waals surface area contributed by atoms with E-state index < -0.39 is 0 Å². The number of nitrogens with one attached hydrogen (secondary N) is 1. The van der Waals surface area contributed by atoms with E-state index in [0.29, 0.717) is 12.1 Å². The van der Waals surface area contributed by atoms with Crippen molar-refractivity contribution in [2.45, 2.75) is 26.4 Å². The molecule has 0 fully saturated rings. The van der Waals surface area contributed by atoms with Crippen LogP contribution in [0.5, 0.6) is 0 Å². The Balaban J connectivity index is 1.99. The average molecular weight is 281 g/mol. The van der Waals surface area contributed by atoms with Gasteiger partial charge >= 0.3 is 0 Å². The fourth-order valence-corrected chi connectivity index (χ4v) is 2.59. The summed E-state index contributed by atoms with van der Waals surface area (Å²) < 4.78 is 0. The molecule has 1 atom stereocenters. The van der Waals surface area contributed by atoms with Crippen LogP contribution in [0.1, 0.15) is 28.5 Å². The molecule has 1 aliphatic heterocycles. The number of hydrogen-bond acceptors (Lipinski definition) is 3. The molecule has 4 nitrogen and oxygen atoms in total. The number of hydrogen-bond donors (Lipinski definition) is 1. The molecular weight excluding hydrogens is 262 g/mol. The Hall–Kier alpha value is -2.20. The number of benzene rings is 1. The lowest BCUT2D eigenvalue weighted by atomic mass is 10.1. The van der Waals surface area contributed by atoms with Crippen LogP contribution in [0.25, 0.3) is 0 Å². The zero-order chi connectivity index (χ0) is 14.8. The number of nitrogens with zero attached hydrogens (tertiary/aromatic N) is 2. The first-order valence-corrected chi connectivity index (χ1v) is 7.21. The van der Waals surface area contributed by atoms with Gasteiger partial charge in [0, 0.05) is 36.7 Å². The van der Waals surface area contributed by atoms with Crippen molar-refractivity contribution in [2.24, 2.45) is 0 Å². The Kier molecular flexibility index (Phi) is 3.71. The van der Waals surface area contributed by atoms with Crippen molar-refractivity contribution in [3.05, 3.63) is 59.4 Å². The summed E-state index contributed by atoms with van der Waals surface area (Å²) in [5.41, 5.74) is 3.68. The number of fused-ring (bicyclic) bond motifs is 1. The van der Waals surface area contributed by atoms with Gasteiger partial charge in [0.2, 0.25) is 0 Å². The molecular formula is C17H19N3O. The Labute approximate surface area is 124 Å². The number of para-hydroxylation sites is 1.